The van der Waals surface area contributed by atoms with Gasteiger partial charge in [-0.2, -0.15) is 0 Å². The molecule has 1 saturated heterocycles. The largest absolute Gasteiger partial charge is 0.363 e. The number of likely N-dealkylation sites (tertiary alicyclic amines) is 1. The van der Waals surface area contributed by atoms with E-state index in [9.17, 15) is 9.59 Å². The molecule has 3 rings (SSSR count). The Morgan fingerprint density at radius 1 is 1.35 bits per heavy atom. The summed E-state index contributed by atoms with van der Waals surface area (Å²) in [6.45, 7) is 2.62. The minimum absolute atomic E-state index is 0.0241. The molecule has 0 bridgehead atoms. The van der Waals surface area contributed by atoms with Crippen molar-refractivity contribution in [3.63, 3.8) is 0 Å². The molecule has 1 aliphatic heterocycles. The van der Waals surface area contributed by atoms with Gasteiger partial charge in [-0.15, -0.1) is 11.3 Å². The lowest BCUT2D eigenvalue weighted by Crippen LogP contribution is -2.33. The molecule has 0 aliphatic carbocycles. The van der Waals surface area contributed by atoms with Crippen LogP contribution in [0.2, 0.25) is 0 Å². The second-order valence-electron chi connectivity index (χ2n) is 6.45. The van der Waals surface area contributed by atoms with Crippen LogP contribution in [-0.4, -0.2) is 47.3 Å². The van der Waals surface area contributed by atoms with Crippen molar-refractivity contribution in [2.75, 3.05) is 25.5 Å². The molecule has 3 N–H and O–H groups in total. The highest BCUT2D eigenvalue weighted by Gasteiger charge is 2.33. The molecule has 2 aromatic rings. The van der Waals surface area contributed by atoms with Gasteiger partial charge in [0.1, 0.15) is 16.5 Å². The quantitative estimate of drug-likeness (QED) is 0.477. The van der Waals surface area contributed by atoms with Crippen molar-refractivity contribution in [2.45, 2.75) is 25.8 Å². The van der Waals surface area contributed by atoms with E-state index in [2.05, 4.69) is 15.4 Å². The first-order valence-electron chi connectivity index (χ1n) is 8.34. The van der Waals surface area contributed by atoms with Crippen molar-refractivity contribution in [1.82, 2.24) is 20.3 Å². The van der Waals surface area contributed by atoms with Crippen molar-refractivity contribution in [3.8, 4) is 0 Å². The predicted octanol–water partition coefficient (Wildman–Crippen LogP) is 1.49. The number of nitrogens with zero attached hydrogens (tertiary/aromatic N) is 4. The number of hydrogen-bond donors (Lipinski definition) is 2. The molecule has 0 saturated carbocycles. The fraction of sp³-hybridized carbons (Fsp3) is 0.412. The summed E-state index contributed by atoms with van der Waals surface area (Å²) in [6.07, 6.45) is 1.82. The number of thiazole rings is 1. The summed E-state index contributed by atoms with van der Waals surface area (Å²) in [7, 11) is 3.61. The highest BCUT2D eigenvalue weighted by molar-refractivity contribution is 7.09. The van der Waals surface area contributed by atoms with Gasteiger partial charge in [0.15, 0.2) is 0 Å². The molecule has 3 heterocycles. The van der Waals surface area contributed by atoms with Crippen LogP contribution in [0.3, 0.4) is 0 Å². The maximum atomic E-state index is 13.2. The van der Waals surface area contributed by atoms with Crippen LogP contribution in [0.5, 0.6) is 0 Å². The number of aromatic nitrogens is 2. The van der Waals surface area contributed by atoms with Crippen molar-refractivity contribution >= 4 is 29.0 Å². The summed E-state index contributed by atoms with van der Waals surface area (Å²) >= 11 is 1.58. The van der Waals surface area contributed by atoms with Crippen LogP contribution in [0.15, 0.2) is 17.5 Å². The van der Waals surface area contributed by atoms with Crippen molar-refractivity contribution in [2.24, 2.45) is 5.84 Å². The van der Waals surface area contributed by atoms with Crippen LogP contribution in [0.4, 0.5) is 5.82 Å². The van der Waals surface area contributed by atoms with Crippen molar-refractivity contribution < 1.29 is 9.59 Å². The molecule has 1 aliphatic rings. The van der Waals surface area contributed by atoms with E-state index in [0.29, 0.717) is 17.9 Å². The van der Waals surface area contributed by atoms with Crippen LogP contribution in [0.1, 0.15) is 50.4 Å². The Morgan fingerprint density at radius 2 is 2.12 bits per heavy atom. The Balaban J connectivity index is 1.95. The molecule has 1 unspecified atom stereocenters. The average Bonchev–Trinajstić information content (AvgIpc) is 3.28. The zero-order valence-corrected chi connectivity index (χ0v) is 15.8. The molecule has 8 nitrogen and oxygen atoms in total. The number of pyridine rings is 1. The standard InChI is InChI=1S/C17H22N6O2S/c1-10-9-26-16(19-10)13-5-4-6-23(13)17(25)11-7-12(15(24)21-18)20-14(8-11)22(2)3/h7-9,13H,4-6,18H2,1-3H3,(H,21,24). The second-order valence-corrected chi connectivity index (χ2v) is 7.34. The molecule has 0 aromatic carbocycles. The number of carbonyl (C=O) groups excluding carboxylic acids is 2. The Kier molecular flexibility index (Phi) is 5.19. The minimum Gasteiger partial charge on any atom is -0.363 e. The predicted molar refractivity (Wildman–Crippen MR) is 100 cm³/mol. The van der Waals surface area contributed by atoms with Crippen LogP contribution >= 0.6 is 11.3 Å². The van der Waals surface area contributed by atoms with E-state index in [1.54, 1.807) is 36.4 Å². The van der Waals surface area contributed by atoms with Crippen LogP contribution in [0, 0.1) is 6.92 Å². The number of carbonyl (C=O) groups is 2. The third-order valence-corrected chi connectivity index (χ3v) is 5.38. The van der Waals surface area contributed by atoms with Gasteiger partial charge in [0.2, 0.25) is 0 Å². The summed E-state index contributed by atoms with van der Waals surface area (Å²) in [4.78, 5) is 37.5. The summed E-state index contributed by atoms with van der Waals surface area (Å²) < 4.78 is 0. The van der Waals surface area contributed by atoms with Gasteiger partial charge in [-0.1, -0.05) is 0 Å². The first-order chi connectivity index (χ1) is 12.4. The van der Waals surface area contributed by atoms with E-state index in [1.807, 2.05) is 17.2 Å². The van der Waals surface area contributed by atoms with E-state index >= 15 is 0 Å². The first-order valence-corrected chi connectivity index (χ1v) is 9.22. The number of aryl methyl sites for hydroxylation is 1. The smallest absolute Gasteiger partial charge is 0.283 e. The maximum Gasteiger partial charge on any atom is 0.283 e. The fourth-order valence-corrected chi connectivity index (χ4v) is 3.96. The summed E-state index contributed by atoms with van der Waals surface area (Å²) in [6, 6.07) is 3.15. The molecule has 138 valence electrons. The molecule has 0 radical (unpaired) electrons. The van der Waals surface area contributed by atoms with E-state index < -0.39 is 5.91 Å². The van der Waals surface area contributed by atoms with E-state index in [-0.39, 0.29) is 17.6 Å². The van der Waals surface area contributed by atoms with Gasteiger partial charge in [-0.05, 0) is 31.9 Å². The number of nitrogen functional groups attached to an aromatic ring is 1. The second kappa shape index (κ2) is 7.38. The number of hydrogen-bond acceptors (Lipinski definition) is 7. The van der Waals surface area contributed by atoms with Gasteiger partial charge in [-0.25, -0.2) is 15.8 Å². The van der Waals surface area contributed by atoms with E-state index in [1.165, 1.54) is 6.07 Å². The number of nitrogens with one attached hydrogen (secondary N) is 1. The Bertz CT molecular complexity index is 834. The van der Waals surface area contributed by atoms with Gasteiger partial charge in [0, 0.05) is 37.3 Å². The van der Waals surface area contributed by atoms with Crippen LogP contribution in [-0.2, 0) is 0 Å². The molecule has 1 fully saturated rings. The molecule has 2 aromatic heterocycles. The highest BCUT2D eigenvalue weighted by Crippen LogP contribution is 2.35. The zero-order chi connectivity index (χ0) is 18.8. The first kappa shape index (κ1) is 18.3. The third kappa shape index (κ3) is 3.54. The van der Waals surface area contributed by atoms with Crippen molar-refractivity contribution in [3.05, 3.63) is 39.5 Å². The molecular weight excluding hydrogens is 352 g/mol. The van der Waals surface area contributed by atoms with Crippen molar-refractivity contribution in [1.29, 1.82) is 0 Å². The van der Waals surface area contributed by atoms with Gasteiger partial charge >= 0.3 is 0 Å². The molecule has 2 amide bonds. The fourth-order valence-electron chi connectivity index (χ4n) is 3.02. The number of amides is 2. The van der Waals surface area contributed by atoms with Gasteiger partial charge in [0.05, 0.1) is 6.04 Å². The summed E-state index contributed by atoms with van der Waals surface area (Å²) in [5, 5.41) is 2.95. The van der Waals surface area contributed by atoms with Crippen LogP contribution in [0.25, 0.3) is 0 Å². The van der Waals surface area contributed by atoms with Gasteiger partial charge < -0.3 is 9.80 Å². The number of anilines is 1. The van der Waals surface area contributed by atoms with Crippen LogP contribution < -0.4 is 16.2 Å². The monoisotopic (exact) mass is 374 g/mol. The lowest BCUT2D eigenvalue weighted by atomic mass is 10.1. The van der Waals surface area contributed by atoms with Gasteiger partial charge in [0.25, 0.3) is 11.8 Å². The normalized spacial score (nSPS) is 16.6. The molecular formula is C17H22N6O2S. The molecule has 9 heteroatoms. The topological polar surface area (TPSA) is 104 Å². The molecule has 26 heavy (non-hydrogen) atoms. The molecule has 0 spiro atoms. The van der Waals surface area contributed by atoms with Gasteiger partial charge in [-0.3, -0.25) is 15.0 Å². The average molecular weight is 374 g/mol. The Labute approximate surface area is 156 Å². The molecule has 1 atom stereocenters. The summed E-state index contributed by atoms with van der Waals surface area (Å²) in [5.41, 5.74) is 3.56. The maximum absolute atomic E-state index is 13.2. The number of rotatable bonds is 4. The summed E-state index contributed by atoms with van der Waals surface area (Å²) in [5.74, 6) is 5.09. The Morgan fingerprint density at radius 3 is 2.73 bits per heavy atom. The van der Waals surface area contributed by atoms with E-state index in [0.717, 1.165) is 23.5 Å². The number of nitrogens with two attached hydrogens (primary N) is 1. The minimum atomic E-state index is -0.531. The lowest BCUT2D eigenvalue weighted by Gasteiger charge is -2.24. The lowest BCUT2D eigenvalue weighted by molar-refractivity contribution is 0.0735. The third-order valence-electron chi connectivity index (χ3n) is 4.32. The SMILES string of the molecule is Cc1csc(C2CCCN2C(=O)c2cc(C(=O)NN)nc(N(C)C)c2)n1. The zero-order valence-electron chi connectivity index (χ0n) is 15.0. The highest BCUT2D eigenvalue weighted by atomic mass is 32.1. The Hall–Kier alpha value is -2.52. The van der Waals surface area contributed by atoms with E-state index in [4.69, 9.17) is 5.84 Å². The number of hydrazine groups is 1.